The third-order valence-electron chi connectivity index (χ3n) is 8.26. The van der Waals surface area contributed by atoms with E-state index in [1.54, 1.807) is 35.0 Å². The lowest BCUT2D eigenvalue weighted by atomic mass is 9.94. The summed E-state index contributed by atoms with van der Waals surface area (Å²) in [5.41, 5.74) is 9.88. The number of nitrogens with two attached hydrogens (primary N) is 1. The molecule has 2 aromatic heterocycles. The highest BCUT2D eigenvalue weighted by atomic mass is 32.1. The van der Waals surface area contributed by atoms with E-state index in [-0.39, 0.29) is 24.7 Å². The molecule has 4 heterocycles. The van der Waals surface area contributed by atoms with Gasteiger partial charge in [-0.1, -0.05) is 30.3 Å². The molecule has 1 saturated heterocycles. The van der Waals surface area contributed by atoms with Crippen molar-refractivity contribution in [3.8, 4) is 0 Å². The van der Waals surface area contributed by atoms with E-state index in [0.717, 1.165) is 34.0 Å². The summed E-state index contributed by atoms with van der Waals surface area (Å²) in [5, 5.41) is 10.7. The molecule has 10 nitrogen and oxygen atoms in total. The molecule has 4 aromatic rings. The number of nitrogens with zero attached hydrogens (tertiary/aromatic N) is 2. The fourth-order valence-electron chi connectivity index (χ4n) is 5.96. The summed E-state index contributed by atoms with van der Waals surface area (Å²) >= 11 is 1.54. The van der Waals surface area contributed by atoms with E-state index >= 15 is 0 Å². The zero-order valence-electron chi connectivity index (χ0n) is 24.8. The van der Waals surface area contributed by atoms with Crippen molar-refractivity contribution < 1.29 is 19.2 Å². The van der Waals surface area contributed by atoms with Gasteiger partial charge in [0.05, 0.1) is 23.5 Å². The summed E-state index contributed by atoms with van der Waals surface area (Å²) in [5.74, 6) is -1.18. The van der Waals surface area contributed by atoms with Gasteiger partial charge in [0, 0.05) is 42.9 Å². The molecule has 0 aliphatic carbocycles. The Labute approximate surface area is 259 Å². The SMILES string of the molecule is CC(C)(N)C(=O)N[C@H](Cc1c[nH]c2ccccc12)C(=O)NC1Cc2cccc(N3CCCC3=O)c2N(Cc2ccsc2)C1=O. The van der Waals surface area contributed by atoms with E-state index in [1.807, 2.05) is 65.5 Å². The van der Waals surface area contributed by atoms with Crippen LogP contribution in [0.2, 0.25) is 0 Å². The minimum Gasteiger partial charge on any atom is -0.361 e. The van der Waals surface area contributed by atoms with Crippen molar-refractivity contribution in [3.05, 3.63) is 82.2 Å². The number of hydrogen-bond donors (Lipinski definition) is 4. The topological polar surface area (TPSA) is 141 Å². The fourth-order valence-corrected chi connectivity index (χ4v) is 6.62. The van der Waals surface area contributed by atoms with Gasteiger partial charge in [-0.05, 0) is 65.9 Å². The Morgan fingerprint density at radius 1 is 1.14 bits per heavy atom. The Bertz CT molecular complexity index is 1720. The first-order chi connectivity index (χ1) is 21.1. The zero-order chi connectivity index (χ0) is 31.0. The normalized spacial score (nSPS) is 17.6. The van der Waals surface area contributed by atoms with Gasteiger partial charge in [0.1, 0.15) is 12.1 Å². The maximum Gasteiger partial charge on any atom is 0.250 e. The number of anilines is 2. The van der Waals surface area contributed by atoms with Crippen LogP contribution in [0.15, 0.2) is 65.5 Å². The van der Waals surface area contributed by atoms with Crippen molar-refractivity contribution in [2.45, 2.75) is 63.7 Å². The molecule has 0 spiro atoms. The maximum atomic E-state index is 14.2. The maximum absolute atomic E-state index is 14.2. The van der Waals surface area contributed by atoms with E-state index in [2.05, 4.69) is 15.6 Å². The van der Waals surface area contributed by atoms with Crippen LogP contribution < -0.4 is 26.2 Å². The molecule has 2 aliphatic heterocycles. The highest BCUT2D eigenvalue weighted by Crippen LogP contribution is 2.40. The number of fused-ring (bicyclic) bond motifs is 2. The van der Waals surface area contributed by atoms with Crippen LogP contribution in [0, 0.1) is 0 Å². The number of para-hydroxylation sites is 2. The second kappa shape index (κ2) is 11.9. The molecule has 2 aliphatic rings. The molecular formula is C33H36N6O4S. The number of hydrogen-bond acceptors (Lipinski definition) is 6. The third kappa shape index (κ3) is 5.85. The van der Waals surface area contributed by atoms with E-state index in [9.17, 15) is 19.2 Å². The van der Waals surface area contributed by atoms with E-state index in [1.165, 1.54) is 0 Å². The van der Waals surface area contributed by atoms with Crippen LogP contribution >= 0.6 is 11.3 Å². The van der Waals surface area contributed by atoms with Gasteiger partial charge < -0.3 is 31.2 Å². The minimum atomic E-state index is -1.21. The Kier molecular flexibility index (Phi) is 8.00. The average molecular weight is 613 g/mol. The van der Waals surface area contributed by atoms with Gasteiger partial charge in [0.2, 0.25) is 23.6 Å². The number of carbonyl (C=O) groups is 4. The molecule has 1 unspecified atom stereocenters. The van der Waals surface area contributed by atoms with Crippen LogP contribution in [0.5, 0.6) is 0 Å². The summed E-state index contributed by atoms with van der Waals surface area (Å²) < 4.78 is 0. The lowest BCUT2D eigenvalue weighted by molar-refractivity contribution is -0.133. The summed E-state index contributed by atoms with van der Waals surface area (Å²) in [6, 6.07) is 13.6. The first-order valence-electron chi connectivity index (χ1n) is 14.8. The predicted molar refractivity (Wildman–Crippen MR) is 171 cm³/mol. The van der Waals surface area contributed by atoms with Gasteiger partial charge in [-0.25, -0.2) is 0 Å². The van der Waals surface area contributed by atoms with Gasteiger partial charge in [-0.2, -0.15) is 11.3 Å². The molecule has 0 radical (unpaired) electrons. The second-order valence-corrected chi connectivity index (χ2v) is 12.8. The summed E-state index contributed by atoms with van der Waals surface area (Å²) in [4.78, 5) is 60.5. The van der Waals surface area contributed by atoms with Crippen LogP contribution in [0.4, 0.5) is 11.4 Å². The van der Waals surface area contributed by atoms with Crippen LogP contribution in [0.3, 0.4) is 0 Å². The number of thiophene rings is 1. The molecule has 2 aromatic carbocycles. The number of amides is 4. The second-order valence-electron chi connectivity index (χ2n) is 12.1. The predicted octanol–water partition coefficient (Wildman–Crippen LogP) is 3.40. The molecule has 2 atom stereocenters. The first kappa shape index (κ1) is 29.6. The fraction of sp³-hybridized carbons (Fsp3) is 0.333. The Balaban J connectivity index is 1.31. The lowest BCUT2D eigenvalue weighted by Crippen LogP contribution is -2.60. The molecular weight excluding hydrogens is 576 g/mol. The number of benzene rings is 2. The molecule has 6 rings (SSSR count). The standard InChI is InChI=1S/C33H36N6O4S/c1-33(2,34)32(43)37-25(16-22-17-35-24-9-4-3-8-23(22)24)30(41)36-26-15-21-7-5-10-27(38-13-6-11-28(38)40)29(21)39(31(26)42)18-20-12-14-44-19-20/h3-5,7-10,12,14,17,19,25-26,35H,6,11,13,15-16,18,34H2,1-2H3,(H,36,41)(H,37,43)/t25-,26?/m1/s1. The van der Waals surface area contributed by atoms with Crippen LogP contribution in [0.25, 0.3) is 10.9 Å². The molecule has 11 heteroatoms. The molecule has 5 N–H and O–H groups in total. The van der Waals surface area contributed by atoms with Gasteiger partial charge in [-0.3, -0.25) is 19.2 Å². The van der Waals surface area contributed by atoms with Crippen molar-refractivity contribution in [2.24, 2.45) is 5.73 Å². The van der Waals surface area contributed by atoms with E-state index < -0.39 is 29.4 Å². The van der Waals surface area contributed by atoms with Gasteiger partial charge >= 0.3 is 0 Å². The average Bonchev–Trinajstić information content (AvgIpc) is 3.76. The largest absolute Gasteiger partial charge is 0.361 e. The Morgan fingerprint density at radius 3 is 2.68 bits per heavy atom. The lowest BCUT2D eigenvalue weighted by Gasteiger charge is -2.37. The minimum absolute atomic E-state index is 0.0375. The summed E-state index contributed by atoms with van der Waals surface area (Å²) in [6.07, 6.45) is 3.53. The van der Waals surface area contributed by atoms with Crippen molar-refractivity contribution in [2.75, 3.05) is 16.3 Å². The highest BCUT2D eigenvalue weighted by molar-refractivity contribution is 7.07. The highest BCUT2D eigenvalue weighted by Gasteiger charge is 2.39. The van der Waals surface area contributed by atoms with Crippen molar-refractivity contribution in [3.63, 3.8) is 0 Å². The van der Waals surface area contributed by atoms with Gasteiger partial charge in [0.15, 0.2) is 0 Å². The van der Waals surface area contributed by atoms with Crippen molar-refractivity contribution in [1.29, 1.82) is 0 Å². The third-order valence-corrected chi connectivity index (χ3v) is 9.00. The number of rotatable bonds is 9. The molecule has 228 valence electrons. The number of carbonyl (C=O) groups excluding carboxylic acids is 4. The van der Waals surface area contributed by atoms with Gasteiger partial charge in [0.25, 0.3) is 0 Å². The monoisotopic (exact) mass is 612 g/mol. The number of aromatic amines is 1. The number of aromatic nitrogens is 1. The summed E-state index contributed by atoms with van der Waals surface area (Å²) in [7, 11) is 0. The van der Waals surface area contributed by atoms with Gasteiger partial charge in [-0.15, -0.1) is 0 Å². The van der Waals surface area contributed by atoms with Crippen molar-refractivity contribution in [1.82, 2.24) is 15.6 Å². The molecule has 44 heavy (non-hydrogen) atoms. The number of nitrogens with one attached hydrogen (secondary N) is 3. The van der Waals surface area contributed by atoms with Crippen molar-refractivity contribution >= 4 is 57.2 Å². The quantitative estimate of drug-likeness (QED) is 0.229. The first-order valence-corrected chi connectivity index (χ1v) is 15.7. The smallest absolute Gasteiger partial charge is 0.250 e. The Hall–Kier alpha value is -4.48. The van der Waals surface area contributed by atoms with Crippen LogP contribution in [-0.2, 0) is 38.6 Å². The molecule has 1 fully saturated rings. The Morgan fingerprint density at radius 2 is 1.95 bits per heavy atom. The molecule has 0 saturated carbocycles. The van der Waals surface area contributed by atoms with E-state index in [0.29, 0.717) is 30.9 Å². The van der Waals surface area contributed by atoms with E-state index in [4.69, 9.17) is 5.73 Å². The number of H-pyrrole nitrogens is 1. The van der Waals surface area contributed by atoms with Crippen LogP contribution in [-0.4, -0.2) is 52.8 Å². The molecule has 0 bridgehead atoms. The van der Waals surface area contributed by atoms with Crippen LogP contribution in [0.1, 0.15) is 43.4 Å². The zero-order valence-corrected chi connectivity index (χ0v) is 25.6. The summed E-state index contributed by atoms with van der Waals surface area (Å²) in [6.45, 7) is 4.06. The molecule has 4 amide bonds.